The molecular weight excluding hydrogens is 679 g/mol. The highest BCUT2D eigenvalue weighted by Gasteiger charge is 2.50. The van der Waals surface area contributed by atoms with Gasteiger partial charge in [0.15, 0.2) is 17.5 Å². The topological polar surface area (TPSA) is 38.7 Å². The Morgan fingerprint density at radius 1 is 0.304 bits per heavy atom. The van der Waals surface area contributed by atoms with Gasteiger partial charge in [-0.05, 0) is 91.4 Å². The molecule has 1 heterocycles. The summed E-state index contributed by atoms with van der Waals surface area (Å²) in [6, 6.07) is 71.7. The lowest BCUT2D eigenvalue weighted by Gasteiger charge is -2.40. The van der Waals surface area contributed by atoms with Gasteiger partial charge in [-0.15, -0.1) is 0 Å². The van der Waals surface area contributed by atoms with Crippen LogP contribution in [0.15, 0.2) is 200 Å². The summed E-state index contributed by atoms with van der Waals surface area (Å²) in [6.45, 7) is 0. The normalized spacial score (nSPS) is 13.1. The van der Waals surface area contributed by atoms with Crippen LogP contribution in [0.3, 0.4) is 0 Å². The molecule has 11 rings (SSSR count). The van der Waals surface area contributed by atoms with E-state index in [1.165, 1.54) is 44.5 Å². The van der Waals surface area contributed by atoms with Crippen LogP contribution in [0, 0.1) is 0 Å². The van der Waals surface area contributed by atoms with E-state index >= 15 is 0 Å². The quantitative estimate of drug-likeness (QED) is 0.178. The Kier molecular flexibility index (Phi) is 7.46. The first-order valence-corrected chi connectivity index (χ1v) is 19.2. The third-order valence-corrected chi connectivity index (χ3v) is 11.6. The predicted molar refractivity (Wildman–Crippen MR) is 227 cm³/mol. The van der Waals surface area contributed by atoms with Crippen LogP contribution in [0.2, 0.25) is 0 Å². The molecule has 2 aliphatic rings. The van der Waals surface area contributed by atoms with Crippen molar-refractivity contribution in [2.75, 3.05) is 0 Å². The van der Waals surface area contributed by atoms with Gasteiger partial charge in [0, 0.05) is 16.7 Å². The minimum Gasteiger partial charge on any atom is -0.208 e. The van der Waals surface area contributed by atoms with Crippen molar-refractivity contribution >= 4 is 0 Å². The van der Waals surface area contributed by atoms with Crippen LogP contribution in [-0.4, -0.2) is 15.0 Å². The largest absolute Gasteiger partial charge is 0.208 e. The Hall–Kier alpha value is -7.23. The van der Waals surface area contributed by atoms with Gasteiger partial charge in [-0.1, -0.05) is 182 Å². The van der Waals surface area contributed by atoms with Crippen molar-refractivity contribution in [3.05, 3.63) is 234 Å². The van der Waals surface area contributed by atoms with Gasteiger partial charge in [-0.25, -0.2) is 15.0 Å². The molecule has 1 spiro atoms. The fourth-order valence-corrected chi connectivity index (χ4v) is 9.22. The Labute approximate surface area is 326 Å². The van der Waals surface area contributed by atoms with Crippen LogP contribution < -0.4 is 0 Å². The molecule has 56 heavy (non-hydrogen) atoms. The zero-order chi connectivity index (χ0) is 37.1. The van der Waals surface area contributed by atoms with Gasteiger partial charge >= 0.3 is 0 Å². The van der Waals surface area contributed by atoms with Gasteiger partial charge in [-0.3, -0.25) is 0 Å². The van der Waals surface area contributed by atoms with Crippen molar-refractivity contribution in [1.82, 2.24) is 15.0 Å². The zero-order valence-electron chi connectivity index (χ0n) is 30.6. The average molecular weight is 714 g/mol. The van der Waals surface area contributed by atoms with Gasteiger partial charge in [0.1, 0.15) is 0 Å². The molecular formula is C53H35N3. The molecule has 2 aliphatic carbocycles. The number of rotatable bonds is 5. The van der Waals surface area contributed by atoms with Crippen molar-refractivity contribution < 1.29 is 0 Å². The van der Waals surface area contributed by atoms with E-state index in [9.17, 15) is 0 Å². The van der Waals surface area contributed by atoms with E-state index in [4.69, 9.17) is 15.0 Å². The highest BCUT2D eigenvalue weighted by Crippen LogP contribution is 2.59. The summed E-state index contributed by atoms with van der Waals surface area (Å²) in [5.41, 5.74) is 17.4. The molecule has 9 aromatic rings. The second-order valence-corrected chi connectivity index (χ2v) is 14.7. The summed E-state index contributed by atoms with van der Waals surface area (Å²) in [5.74, 6) is 1.96. The standard InChI is InChI=1S/C53H35N3/c1-4-17-35(18-5-1)39-31-40(36-19-6-2-7-20-36)33-41(32-39)51-54-50(37-21-8-3-9-22-37)55-52(56-51)44-26-16-30-49-45(44)34-38-23-10-13-27-46(38)53(49)47-28-14-11-24-42(47)43-25-12-15-29-48(43)53/h1-33H,34H2. The van der Waals surface area contributed by atoms with Crippen molar-refractivity contribution in [1.29, 1.82) is 0 Å². The minimum absolute atomic E-state index is 0.472. The molecule has 8 aromatic carbocycles. The lowest BCUT2D eigenvalue weighted by Crippen LogP contribution is -2.34. The molecule has 0 unspecified atom stereocenters. The van der Waals surface area contributed by atoms with Crippen molar-refractivity contribution in [3.8, 4) is 67.5 Å². The minimum atomic E-state index is -0.472. The second-order valence-electron chi connectivity index (χ2n) is 14.7. The fraction of sp³-hybridized carbons (Fsp3) is 0.0377. The molecule has 0 N–H and O–H groups in total. The van der Waals surface area contributed by atoms with Crippen LogP contribution in [0.4, 0.5) is 0 Å². The zero-order valence-corrected chi connectivity index (χ0v) is 30.6. The summed E-state index contributed by atoms with van der Waals surface area (Å²) in [5, 5.41) is 0. The van der Waals surface area contributed by atoms with Gasteiger partial charge < -0.3 is 0 Å². The molecule has 0 aliphatic heterocycles. The molecule has 0 saturated heterocycles. The molecule has 262 valence electrons. The fourth-order valence-electron chi connectivity index (χ4n) is 9.22. The molecule has 1 aromatic heterocycles. The van der Waals surface area contributed by atoms with Crippen LogP contribution in [-0.2, 0) is 11.8 Å². The SMILES string of the molecule is c1ccc(-c2cc(-c3ccccc3)cc(-c3nc(-c4ccccc4)nc(-c4cccc5c4Cc4ccccc4C54c5ccccc5-c5ccccc54)n3)c2)cc1. The van der Waals surface area contributed by atoms with E-state index in [-0.39, 0.29) is 0 Å². The van der Waals surface area contributed by atoms with Crippen LogP contribution in [0.25, 0.3) is 67.5 Å². The monoisotopic (exact) mass is 713 g/mol. The number of fused-ring (bicyclic) bond motifs is 9. The first kappa shape index (κ1) is 32.2. The molecule has 0 saturated carbocycles. The van der Waals surface area contributed by atoms with Gasteiger partial charge in [0.25, 0.3) is 0 Å². The number of hydrogen-bond acceptors (Lipinski definition) is 3. The molecule has 3 nitrogen and oxygen atoms in total. The second kappa shape index (κ2) is 13.0. The highest BCUT2D eigenvalue weighted by atomic mass is 15.0. The summed E-state index contributed by atoms with van der Waals surface area (Å²) in [6.07, 6.45) is 0.775. The molecule has 3 heteroatoms. The molecule has 0 bridgehead atoms. The summed E-state index contributed by atoms with van der Waals surface area (Å²) >= 11 is 0. The maximum Gasteiger partial charge on any atom is 0.164 e. The Balaban J connectivity index is 1.17. The van der Waals surface area contributed by atoms with E-state index < -0.39 is 5.41 Å². The third kappa shape index (κ3) is 5.02. The number of benzene rings is 8. The van der Waals surface area contributed by atoms with Gasteiger partial charge in [0.2, 0.25) is 0 Å². The average Bonchev–Trinajstić information content (AvgIpc) is 3.57. The van der Waals surface area contributed by atoms with Crippen LogP contribution in [0.1, 0.15) is 33.4 Å². The maximum atomic E-state index is 5.41. The molecule has 0 fully saturated rings. The summed E-state index contributed by atoms with van der Waals surface area (Å²) in [7, 11) is 0. The van der Waals surface area contributed by atoms with Gasteiger partial charge in [0.05, 0.1) is 5.41 Å². The lowest BCUT2D eigenvalue weighted by molar-refractivity contribution is 0.722. The first-order chi connectivity index (χ1) is 27.8. The van der Waals surface area contributed by atoms with E-state index in [1.807, 2.05) is 18.2 Å². The Morgan fingerprint density at radius 3 is 1.34 bits per heavy atom. The van der Waals surface area contributed by atoms with E-state index in [0.29, 0.717) is 17.5 Å². The lowest BCUT2D eigenvalue weighted by atomic mass is 9.61. The van der Waals surface area contributed by atoms with Gasteiger partial charge in [-0.2, -0.15) is 0 Å². The summed E-state index contributed by atoms with van der Waals surface area (Å²) in [4.78, 5) is 15.9. The summed E-state index contributed by atoms with van der Waals surface area (Å²) < 4.78 is 0. The number of hydrogen-bond donors (Lipinski definition) is 0. The number of aromatic nitrogens is 3. The third-order valence-electron chi connectivity index (χ3n) is 11.6. The first-order valence-electron chi connectivity index (χ1n) is 19.2. The number of nitrogens with zero attached hydrogens (tertiary/aromatic N) is 3. The predicted octanol–water partition coefficient (Wildman–Crippen LogP) is 12.5. The highest BCUT2D eigenvalue weighted by molar-refractivity contribution is 5.89. The van der Waals surface area contributed by atoms with Crippen LogP contribution in [0.5, 0.6) is 0 Å². The van der Waals surface area contributed by atoms with E-state index in [0.717, 1.165) is 45.4 Å². The van der Waals surface area contributed by atoms with Crippen LogP contribution >= 0.6 is 0 Å². The molecule has 0 radical (unpaired) electrons. The molecule has 0 amide bonds. The van der Waals surface area contributed by atoms with Crippen molar-refractivity contribution in [2.24, 2.45) is 0 Å². The molecule has 0 atom stereocenters. The van der Waals surface area contributed by atoms with Crippen molar-refractivity contribution in [3.63, 3.8) is 0 Å². The van der Waals surface area contributed by atoms with Crippen molar-refractivity contribution in [2.45, 2.75) is 11.8 Å². The maximum absolute atomic E-state index is 5.41. The van der Waals surface area contributed by atoms with E-state index in [1.54, 1.807) is 0 Å². The Morgan fingerprint density at radius 2 is 0.732 bits per heavy atom. The smallest absolute Gasteiger partial charge is 0.164 e. The van der Waals surface area contributed by atoms with E-state index in [2.05, 4.69) is 182 Å². The Bertz CT molecular complexity index is 2830.